The van der Waals surface area contributed by atoms with Crippen LogP contribution in [0.2, 0.25) is 0 Å². The van der Waals surface area contributed by atoms with Crippen LogP contribution in [0.4, 0.5) is 13.2 Å². The van der Waals surface area contributed by atoms with Gasteiger partial charge in [-0.2, -0.15) is 13.2 Å². The number of piperazine rings is 1. The highest BCUT2D eigenvalue weighted by atomic mass is 19.4. The van der Waals surface area contributed by atoms with Crippen molar-refractivity contribution in [2.45, 2.75) is 44.4 Å². The lowest BCUT2D eigenvalue weighted by molar-refractivity contribution is -0.137. The average molecular weight is 300 g/mol. The fourth-order valence-corrected chi connectivity index (χ4v) is 2.97. The van der Waals surface area contributed by atoms with Crippen LogP contribution < -0.4 is 5.32 Å². The van der Waals surface area contributed by atoms with Gasteiger partial charge in [-0.05, 0) is 32.4 Å². The third-order valence-electron chi connectivity index (χ3n) is 4.27. The molecule has 1 saturated heterocycles. The number of nitrogens with one attached hydrogen (secondary N) is 1. The first-order valence-electron chi connectivity index (χ1n) is 7.42. The van der Waals surface area contributed by atoms with E-state index in [0.29, 0.717) is 12.6 Å². The van der Waals surface area contributed by atoms with Crippen LogP contribution in [-0.4, -0.2) is 36.8 Å². The zero-order valence-electron chi connectivity index (χ0n) is 12.6. The van der Waals surface area contributed by atoms with Gasteiger partial charge >= 0.3 is 6.18 Å². The molecule has 1 aliphatic heterocycles. The molecule has 1 aliphatic rings. The van der Waals surface area contributed by atoms with E-state index in [2.05, 4.69) is 36.2 Å². The summed E-state index contributed by atoms with van der Waals surface area (Å²) >= 11 is 0. The predicted molar refractivity (Wildman–Crippen MR) is 78.1 cm³/mol. The monoisotopic (exact) mass is 300 g/mol. The summed E-state index contributed by atoms with van der Waals surface area (Å²) in [6.45, 7) is 6.17. The average Bonchev–Trinajstić information content (AvgIpc) is 2.42. The standard InChI is InChI=1S/C16H23F3N2/c1-13-11-21(10-6-9-16(17,18)19)15(2,12-20-13)14-7-4-3-5-8-14/h3-5,7-8,13,20H,6,9-12H2,1-2H3. The van der Waals surface area contributed by atoms with Gasteiger partial charge in [-0.1, -0.05) is 30.3 Å². The third kappa shape index (κ3) is 4.20. The minimum atomic E-state index is -4.07. The van der Waals surface area contributed by atoms with Crippen LogP contribution in [0.25, 0.3) is 0 Å². The number of halogens is 3. The lowest BCUT2D eigenvalue weighted by Gasteiger charge is -2.48. The third-order valence-corrected chi connectivity index (χ3v) is 4.27. The molecule has 118 valence electrons. The Bertz CT molecular complexity index is 447. The van der Waals surface area contributed by atoms with Gasteiger partial charge in [0.2, 0.25) is 0 Å². The maximum absolute atomic E-state index is 12.4. The topological polar surface area (TPSA) is 15.3 Å². The molecule has 0 amide bonds. The van der Waals surface area contributed by atoms with Gasteiger partial charge in [0.05, 0.1) is 5.54 Å². The molecule has 0 aliphatic carbocycles. The molecule has 1 fully saturated rings. The molecule has 0 spiro atoms. The van der Waals surface area contributed by atoms with Crippen molar-refractivity contribution in [2.24, 2.45) is 0 Å². The lowest BCUT2D eigenvalue weighted by Crippen LogP contribution is -2.60. The highest BCUT2D eigenvalue weighted by molar-refractivity contribution is 5.25. The van der Waals surface area contributed by atoms with E-state index >= 15 is 0 Å². The van der Waals surface area contributed by atoms with Gasteiger partial charge in [0.25, 0.3) is 0 Å². The molecule has 0 aromatic heterocycles. The van der Waals surface area contributed by atoms with Crippen LogP contribution in [0.15, 0.2) is 30.3 Å². The first-order chi connectivity index (χ1) is 9.81. The molecule has 5 heteroatoms. The number of nitrogens with zero attached hydrogens (tertiary/aromatic N) is 1. The minimum absolute atomic E-state index is 0.151. The van der Waals surface area contributed by atoms with E-state index in [9.17, 15) is 13.2 Å². The van der Waals surface area contributed by atoms with E-state index in [1.165, 1.54) is 0 Å². The zero-order chi connectivity index (χ0) is 15.5. The van der Waals surface area contributed by atoms with Gasteiger partial charge in [0.15, 0.2) is 0 Å². The van der Waals surface area contributed by atoms with Crippen LogP contribution >= 0.6 is 0 Å². The Morgan fingerprint density at radius 1 is 1.29 bits per heavy atom. The SMILES string of the molecule is CC1CN(CCCC(F)(F)F)C(C)(c2ccccc2)CN1. The first kappa shape index (κ1) is 16.3. The Morgan fingerprint density at radius 2 is 1.95 bits per heavy atom. The second-order valence-electron chi connectivity index (χ2n) is 6.09. The van der Waals surface area contributed by atoms with Crippen molar-refractivity contribution in [3.63, 3.8) is 0 Å². The van der Waals surface area contributed by atoms with E-state index in [4.69, 9.17) is 0 Å². The lowest BCUT2D eigenvalue weighted by atomic mass is 9.87. The van der Waals surface area contributed by atoms with Crippen molar-refractivity contribution in [2.75, 3.05) is 19.6 Å². The van der Waals surface area contributed by atoms with E-state index < -0.39 is 12.6 Å². The van der Waals surface area contributed by atoms with Crippen LogP contribution in [0.3, 0.4) is 0 Å². The highest BCUT2D eigenvalue weighted by Gasteiger charge is 2.38. The number of hydrogen-bond donors (Lipinski definition) is 1. The van der Waals surface area contributed by atoms with Gasteiger partial charge in [-0.15, -0.1) is 0 Å². The zero-order valence-corrected chi connectivity index (χ0v) is 12.6. The van der Waals surface area contributed by atoms with Crippen LogP contribution in [-0.2, 0) is 5.54 Å². The number of rotatable bonds is 4. The van der Waals surface area contributed by atoms with E-state index in [1.807, 2.05) is 18.2 Å². The number of benzene rings is 1. The summed E-state index contributed by atoms with van der Waals surface area (Å²) in [5, 5.41) is 3.44. The minimum Gasteiger partial charge on any atom is -0.311 e. The Kier molecular flexibility index (Phi) is 4.94. The maximum Gasteiger partial charge on any atom is 0.389 e. The number of alkyl halides is 3. The highest BCUT2D eigenvalue weighted by Crippen LogP contribution is 2.31. The first-order valence-corrected chi connectivity index (χ1v) is 7.42. The van der Waals surface area contributed by atoms with Gasteiger partial charge in [-0.25, -0.2) is 0 Å². The summed E-state index contributed by atoms with van der Waals surface area (Å²) in [5.41, 5.74) is 0.899. The van der Waals surface area contributed by atoms with Gasteiger partial charge < -0.3 is 5.32 Å². The molecule has 0 radical (unpaired) electrons. The van der Waals surface area contributed by atoms with E-state index in [0.717, 1.165) is 18.7 Å². The van der Waals surface area contributed by atoms with Crippen molar-refractivity contribution >= 4 is 0 Å². The summed E-state index contributed by atoms with van der Waals surface area (Å²) in [4.78, 5) is 2.19. The summed E-state index contributed by atoms with van der Waals surface area (Å²) in [6.07, 6.45) is -4.63. The molecule has 2 unspecified atom stereocenters. The van der Waals surface area contributed by atoms with Gasteiger partial charge in [0, 0.05) is 25.6 Å². The Labute approximate surface area is 124 Å². The molecule has 1 aromatic rings. The van der Waals surface area contributed by atoms with Crippen LogP contribution in [0.1, 0.15) is 32.3 Å². The van der Waals surface area contributed by atoms with Crippen LogP contribution in [0, 0.1) is 0 Å². The fraction of sp³-hybridized carbons (Fsp3) is 0.625. The van der Waals surface area contributed by atoms with Crippen molar-refractivity contribution in [1.82, 2.24) is 10.2 Å². The van der Waals surface area contributed by atoms with Crippen molar-refractivity contribution in [3.05, 3.63) is 35.9 Å². The summed E-state index contributed by atoms with van der Waals surface area (Å²) in [6, 6.07) is 10.3. The maximum atomic E-state index is 12.4. The second-order valence-corrected chi connectivity index (χ2v) is 6.09. The summed E-state index contributed by atoms with van der Waals surface area (Å²) in [7, 11) is 0. The predicted octanol–water partition coefficient (Wildman–Crippen LogP) is 3.54. The molecule has 21 heavy (non-hydrogen) atoms. The molecule has 1 N–H and O–H groups in total. The molecule has 2 rings (SSSR count). The normalized spacial score (nSPS) is 27.8. The molecule has 1 heterocycles. The smallest absolute Gasteiger partial charge is 0.311 e. The second kappa shape index (κ2) is 6.36. The fourth-order valence-electron chi connectivity index (χ4n) is 2.97. The summed E-state index contributed by atoms with van der Waals surface area (Å²) in [5.74, 6) is 0. The van der Waals surface area contributed by atoms with Crippen molar-refractivity contribution < 1.29 is 13.2 Å². The van der Waals surface area contributed by atoms with Gasteiger partial charge in [0.1, 0.15) is 0 Å². The largest absolute Gasteiger partial charge is 0.389 e. The van der Waals surface area contributed by atoms with E-state index in [1.54, 1.807) is 0 Å². The molecule has 0 saturated carbocycles. The Morgan fingerprint density at radius 3 is 2.57 bits per heavy atom. The van der Waals surface area contributed by atoms with Crippen molar-refractivity contribution in [3.8, 4) is 0 Å². The van der Waals surface area contributed by atoms with E-state index in [-0.39, 0.29) is 12.0 Å². The molecule has 1 aromatic carbocycles. The molecule has 2 nitrogen and oxygen atoms in total. The molecule has 0 bridgehead atoms. The molecular formula is C16H23F3N2. The van der Waals surface area contributed by atoms with Crippen molar-refractivity contribution in [1.29, 1.82) is 0 Å². The molecular weight excluding hydrogens is 277 g/mol. The summed E-state index contributed by atoms with van der Waals surface area (Å²) < 4.78 is 37.1. The Hall–Kier alpha value is -1.07. The number of hydrogen-bond acceptors (Lipinski definition) is 2. The molecule has 2 atom stereocenters. The quantitative estimate of drug-likeness (QED) is 0.915. The Balaban J connectivity index is 2.10. The van der Waals surface area contributed by atoms with Crippen LogP contribution in [0.5, 0.6) is 0 Å². The van der Waals surface area contributed by atoms with Gasteiger partial charge in [-0.3, -0.25) is 4.90 Å².